The number of methoxy groups -OCH3 is 1. The molecule has 0 spiro atoms. The topological polar surface area (TPSA) is 102 Å². The molecule has 0 aromatic carbocycles. The molecule has 0 aliphatic rings. The molecular weight excluding hydrogens is 224 g/mol. The minimum absolute atomic E-state index is 0.224. The Kier molecular flexibility index (Phi) is 6.75. The second-order valence-corrected chi connectivity index (χ2v) is 4.48. The molecular formula is C11H22N2O4. The highest BCUT2D eigenvalue weighted by molar-refractivity contribution is 5.87. The summed E-state index contributed by atoms with van der Waals surface area (Å²) in [7, 11) is 1.26. The maximum atomic E-state index is 11.6. The van der Waals surface area contributed by atoms with Crippen LogP contribution < -0.4 is 11.1 Å². The third kappa shape index (κ3) is 5.65. The molecule has 6 nitrogen and oxygen atoms in total. The Morgan fingerprint density at radius 1 is 1.35 bits per heavy atom. The Morgan fingerprint density at radius 2 is 1.88 bits per heavy atom. The van der Waals surface area contributed by atoms with Gasteiger partial charge in [0.1, 0.15) is 12.1 Å². The predicted octanol–water partition coefficient (Wildman–Crippen LogP) is -0.602. The number of aliphatic hydroxyl groups excluding tert-OH is 1. The van der Waals surface area contributed by atoms with Gasteiger partial charge in [-0.15, -0.1) is 0 Å². The van der Waals surface area contributed by atoms with Crippen LogP contribution in [-0.4, -0.2) is 42.3 Å². The average molecular weight is 246 g/mol. The van der Waals surface area contributed by atoms with Gasteiger partial charge in [-0.25, -0.2) is 4.79 Å². The van der Waals surface area contributed by atoms with Crippen LogP contribution >= 0.6 is 0 Å². The van der Waals surface area contributed by atoms with Crippen LogP contribution in [0.25, 0.3) is 0 Å². The summed E-state index contributed by atoms with van der Waals surface area (Å²) in [6.45, 7) is 5.27. The molecule has 0 rings (SSSR count). The molecule has 0 bridgehead atoms. The van der Waals surface area contributed by atoms with Gasteiger partial charge in [0.25, 0.3) is 0 Å². The zero-order valence-corrected chi connectivity index (χ0v) is 10.8. The number of hydrogen-bond donors (Lipinski definition) is 3. The Bertz CT molecular complexity index is 266. The van der Waals surface area contributed by atoms with Crippen LogP contribution in [0.15, 0.2) is 0 Å². The van der Waals surface area contributed by atoms with Gasteiger partial charge in [-0.1, -0.05) is 13.8 Å². The summed E-state index contributed by atoms with van der Waals surface area (Å²) in [6, 6.07) is -1.77. The number of hydrogen-bond acceptors (Lipinski definition) is 5. The van der Waals surface area contributed by atoms with E-state index < -0.39 is 30.1 Å². The number of ether oxygens (including phenoxy) is 1. The summed E-state index contributed by atoms with van der Waals surface area (Å²) in [5, 5.41) is 11.7. The van der Waals surface area contributed by atoms with Crippen LogP contribution in [-0.2, 0) is 14.3 Å². The van der Waals surface area contributed by atoms with E-state index in [1.165, 1.54) is 14.0 Å². The van der Waals surface area contributed by atoms with Gasteiger partial charge in [0, 0.05) is 0 Å². The van der Waals surface area contributed by atoms with Crippen molar-refractivity contribution < 1.29 is 19.4 Å². The van der Waals surface area contributed by atoms with Crippen LogP contribution in [0.1, 0.15) is 27.2 Å². The fraction of sp³-hybridized carbons (Fsp3) is 0.818. The predicted molar refractivity (Wildman–Crippen MR) is 63.1 cm³/mol. The van der Waals surface area contributed by atoms with E-state index in [1.54, 1.807) is 0 Å². The van der Waals surface area contributed by atoms with Crippen molar-refractivity contribution in [3.63, 3.8) is 0 Å². The fourth-order valence-corrected chi connectivity index (χ4v) is 1.31. The first-order valence-corrected chi connectivity index (χ1v) is 5.61. The summed E-state index contributed by atoms with van der Waals surface area (Å²) >= 11 is 0. The van der Waals surface area contributed by atoms with Gasteiger partial charge in [-0.3, -0.25) is 4.79 Å². The summed E-state index contributed by atoms with van der Waals surface area (Å²) < 4.78 is 4.60. The number of nitrogens with one attached hydrogen (secondary N) is 1. The van der Waals surface area contributed by atoms with Crippen molar-refractivity contribution in [1.29, 1.82) is 0 Å². The average Bonchev–Trinajstić information content (AvgIpc) is 2.24. The molecule has 0 unspecified atom stereocenters. The molecule has 4 N–H and O–H groups in total. The molecule has 0 aliphatic carbocycles. The Balaban J connectivity index is 4.53. The Morgan fingerprint density at radius 3 is 2.24 bits per heavy atom. The second kappa shape index (κ2) is 7.24. The van der Waals surface area contributed by atoms with Gasteiger partial charge in [0.2, 0.25) is 5.91 Å². The maximum absolute atomic E-state index is 11.6. The normalized spacial score (nSPS) is 16.2. The highest BCUT2D eigenvalue weighted by Gasteiger charge is 2.26. The SMILES string of the molecule is COC(=O)[C@H](CC(C)C)NC(=O)[C@@H](N)[C@@H](C)O. The van der Waals surface area contributed by atoms with Gasteiger partial charge in [-0.05, 0) is 19.3 Å². The van der Waals surface area contributed by atoms with Crippen molar-refractivity contribution in [2.45, 2.75) is 45.4 Å². The van der Waals surface area contributed by atoms with E-state index in [0.717, 1.165) is 0 Å². The number of nitrogens with two attached hydrogens (primary N) is 1. The molecule has 3 atom stereocenters. The lowest BCUT2D eigenvalue weighted by Gasteiger charge is -2.21. The first-order chi connectivity index (χ1) is 7.79. The van der Waals surface area contributed by atoms with E-state index in [9.17, 15) is 14.7 Å². The van der Waals surface area contributed by atoms with Crippen LogP contribution in [0, 0.1) is 5.92 Å². The largest absolute Gasteiger partial charge is 0.467 e. The molecule has 6 heteroatoms. The third-order valence-electron chi connectivity index (χ3n) is 2.33. The molecule has 0 heterocycles. The van der Waals surface area contributed by atoms with Crippen LogP contribution in [0.2, 0.25) is 0 Å². The van der Waals surface area contributed by atoms with Gasteiger partial charge in [-0.2, -0.15) is 0 Å². The maximum Gasteiger partial charge on any atom is 0.328 e. The second-order valence-electron chi connectivity index (χ2n) is 4.48. The smallest absolute Gasteiger partial charge is 0.328 e. The lowest BCUT2D eigenvalue weighted by Crippen LogP contribution is -2.52. The van der Waals surface area contributed by atoms with Crippen molar-refractivity contribution in [2.24, 2.45) is 11.7 Å². The molecule has 0 aromatic rings. The van der Waals surface area contributed by atoms with Crippen LogP contribution in [0.5, 0.6) is 0 Å². The highest BCUT2D eigenvalue weighted by atomic mass is 16.5. The van der Waals surface area contributed by atoms with Crippen molar-refractivity contribution >= 4 is 11.9 Å². The van der Waals surface area contributed by atoms with E-state index in [4.69, 9.17) is 5.73 Å². The lowest BCUT2D eigenvalue weighted by atomic mass is 10.0. The minimum atomic E-state index is -1.05. The van der Waals surface area contributed by atoms with E-state index in [0.29, 0.717) is 6.42 Å². The highest BCUT2D eigenvalue weighted by Crippen LogP contribution is 2.06. The Hall–Kier alpha value is -1.14. The van der Waals surface area contributed by atoms with Gasteiger partial charge in [0.05, 0.1) is 13.2 Å². The summed E-state index contributed by atoms with van der Waals surface area (Å²) in [4.78, 5) is 23.0. The standard InChI is InChI=1S/C11H22N2O4/c1-6(2)5-8(11(16)17-4)13-10(15)9(12)7(3)14/h6-9,14H,5,12H2,1-4H3,(H,13,15)/t7-,8+,9+/m1/s1. The number of aliphatic hydroxyl groups is 1. The van der Waals surface area contributed by atoms with Gasteiger partial charge < -0.3 is 20.9 Å². The van der Waals surface area contributed by atoms with E-state index in [-0.39, 0.29) is 5.92 Å². The van der Waals surface area contributed by atoms with Crippen molar-refractivity contribution in [3.8, 4) is 0 Å². The molecule has 1 amide bonds. The van der Waals surface area contributed by atoms with Crippen molar-refractivity contribution in [1.82, 2.24) is 5.32 Å². The van der Waals surface area contributed by atoms with Crippen molar-refractivity contribution in [3.05, 3.63) is 0 Å². The number of esters is 1. The molecule has 0 aliphatic heterocycles. The molecule has 0 aromatic heterocycles. The molecule has 100 valence electrons. The molecule has 17 heavy (non-hydrogen) atoms. The van der Waals surface area contributed by atoms with E-state index in [1.807, 2.05) is 13.8 Å². The number of rotatable bonds is 6. The Labute approximate surface area is 102 Å². The fourth-order valence-electron chi connectivity index (χ4n) is 1.31. The monoisotopic (exact) mass is 246 g/mol. The zero-order valence-electron chi connectivity index (χ0n) is 10.8. The first kappa shape index (κ1) is 15.9. The zero-order chi connectivity index (χ0) is 13.6. The third-order valence-corrected chi connectivity index (χ3v) is 2.33. The minimum Gasteiger partial charge on any atom is -0.467 e. The quantitative estimate of drug-likeness (QED) is 0.543. The number of carbonyl (C=O) groups excluding carboxylic acids is 2. The van der Waals surface area contributed by atoms with Gasteiger partial charge >= 0.3 is 5.97 Å². The number of amides is 1. The van der Waals surface area contributed by atoms with Crippen LogP contribution in [0.4, 0.5) is 0 Å². The van der Waals surface area contributed by atoms with Crippen LogP contribution in [0.3, 0.4) is 0 Å². The van der Waals surface area contributed by atoms with Crippen molar-refractivity contribution in [2.75, 3.05) is 7.11 Å². The molecule has 0 radical (unpaired) electrons. The summed E-state index contributed by atoms with van der Waals surface area (Å²) in [5.74, 6) is -0.844. The van der Waals surface area contributed by atoms with Gasteiger partial charge in [0.15, 0.2) is 0 Å². The first-order valence-electron chi connectivity index (χ1n) is 5.61. The summed E-state index contributed by atoms with van der Waals surface area (Å²) in [6.07, 6.45) is -0.502. The van der Waals surface area contributed by atoms with E-state index >= 15 is 0 Å². The molecule has 0 saturated heterocycles. The number of carbonyl (C=O) groups is 2. The summed E-state index contributed by atoms with van der Waals surface area (Å²) in [5.41, 5.74) is 5.47. The lowest BCUT2D eigenvalue weighted by molar-refractivity contribution is -0.146. The molecule has 0 saturated carbocycles. The van der Waals surface area contributed by atoms with E-state index in [2.05, 4.69) is 10.1 Å². The molecule has 0 fully saturated rings.